The Hall–Kier alpha value is -2.92. The minimum Gasteiger partial charge on any atom is -0.324 e. The third-order valence-electron chi connectivity index (χ3n) is 4.39. The molecule has 2 aromatic carbocycles. The minimum atomic E-state index is -0.346. The molecule has 5 nitrogen and oxygen atoms in total. The highest BCUT2D eigenvalue weighted by molar-refractivity contribution is 6.30. The lowest BCUT2D eigenvalue weighted by Gasteiger charge is -2.11. The molecule has 1 amide bonds. The molecule has 0 aliphatic carbocycles. The van der Waals surface area contributed by atoms with E-state index in [9.17, 15) is 9.59 Å². The maximum Gasteiger partial charge on any atom is 0.267 e. The molecule has 0 atom stereocenters. The van der Waals surface area contributed by atoms with Crippen LogP contribution >= 0.6 is 11.6 Å². The number of halogens is 1. The maximum absolute atomic E-state index is 12.3. The number of aromatic nitrogens is 2. The molecular weight excluding hydrogens is 362 g/mol. The van der Waals surface area contributed by atoms with E-state index in [0.717, 1.165) is 16.7 Å². The van der Waals surface area contributed by atoms with Gasteiger partial charge in [0.15, 0.2) is 0 Å². The second-order valence-corrected chi connectivity index (χ2v) is 6.96. The molecule has 0 aliphatic heterocycles. The zero-order valence-electron chi connectivity index (χ0n) is 15.4. The van der Waals surface area contributed by atoms with Gasteiger partial charge >= 0.3 is 0 Å². The number of carbonyl (C=O) groups is 1. The van der Waals surface area contributed by atoms with Crippen LogP contribution in [0.3, 0.4) is 0 Å². The van der Waals surface area contributed by atoms with Gasteiger partial charge in [-0.25, -0.2) is 4.68 Å². The maximum atomic E-state index is 12.3. The fourth-order valence-electron chi connectivity index (χ4n) is 2.85. The number of carbonyl (C=O) groups excluding carboxylic acids is 1. The lowest BCUT2D eigenvalue weighted by Crippen LogP contribution is -2.29. The van der Waals surface area contributed by atoms with Crippen molar-refractivity contribution < 1.29 is 4.79 Å². The fourth-order valence-corrected chi connectivity index (χ4v) is 3.04. The third-order valence-corrected chi connectivity index (χ3v) is 4.62. The zero-order valence-corrected chi connectivity index (χ0v) is 16.2. The van der Waals surface area contributed by atoms with Gasteiger partial charge < -0.3 is 5.32 Å². The van der Waals surface area contributed by atoms with E-state index in [0.29, 0.717) is 16.4 Å². The van der Waals surface area contributed by atoms with Gasteiger partial charge in [-0.15, -0.1) is 0 Å². The summed E-state index contributed by atoms with van der Waals surface area (Å²) in [5.41, 5.74) is 5.26. The lowest BCUT2D eigenvalue weighted by atomic mass is 9.99. The van der Waals surface area contributed by atoms with Gasteiger partial charge in [0.05, 0.1) is 5.69 Å². The highest BCUT2D eigenvalue weighted by Gasteiger charge is 2.11. The summed E-state index contributed by atoms with van der Waals surface area (Å²) in [6.45, 7) is 5.92. The number of hydrogen-bond donors (Lipinski definition) is 1. The molecule has 0 aliphatic rings. The van der Waals surface area contributed by atoms with Gasteiger partial charge in [-0.3, -0.25) is 9.59 Å². The van der Waals surface area contributed by atoms with Crippen LogP contribution in [-0.2, 0) is 11.3 Å². The first-order chi connectivity index (χ1) is 12.8. The molecule has 0 saturated heterocycles. The van der Waals surface area contributed by atoms with Gasteiger partial charge in [-0.2, -0.15) is 5.10 Å². The highest BCUT2D eigenvalue weighted by atomic mass is 35.5. The Kier molecular flexibility index (Phi) is 5.42. The normalized spacial score (nSPS) is 10.7. The van der Waals surface area contributed by atoms with Crippen LogP contribution in [-0.4, -0.2) is 15.7 Å². The summed E-state index contributed by atoms with van der Waals surface area (Å²) in [6.07, 6.45) is 0. The lowest BCUT2D eigenvalue weighted by molar-refractivity contribution is -0.117. The highest BCUT2D eigenvalue weighted by Crippen LogP contribution is 2.24. The van der Waals surface area contributed by atoms with Crippen LogP contribution < -0.4 is 10.9 Å². The molecule has 6 heteroatoms. The quantitative estimate of drug-likeness (QED) is 0.739. The number of aryl methyl sites for hydroxylation is 3. The van der Waals surface area contributed by atoms with E-state index >= 15 is 0 Å². The molecule has 0 spiro atoms. The Morgan fingerprint density at radius 2 is 1.78 bits per heavy atom. The van der Waals surface area contributed by atoms with Gasteiger partial charge in [0.2, 0.25) is 5.91 Å². The number of hydrogen-bond acceptors (Lipinski definition) is 3. The van der Waals surface area contributed by atoms with Crippen molar-refractivity contribution >= 4 is 23.2 Å². The van der Waals surface area contributed by atoms with Gasteiger partial charge in [0.25, 0.3) is 5.56 Å². The number of benzene rings is 2. The van der Waals surface area contributed by atoms with Gasteiger partial charge in [-0.05, 0) is 67.8 Å². The van der Waals surface area contributed by atoms with Crippen LogP contribution in [0.1, 0.15) is 16.7 Å². The summed E-state index contributed by atoms with van der Waals surface area (Å²) < 4.78 is 1.17. The number of nitrogens with one attached hydrogen (secondary N) is 1. The third kappa shape index (κ3) is 4.44. The Labute approximate surface area is 162 Å². The second-order valence-electron chi connectivity index (χ2n) is 6.52. The van der Waals surface area contributed by atoms with Crippen LogP contribution in [0, 0.1) is 20.8 Å². The fraction of sp³-hybridized carbons (Fsp3) is 0.190. The number of anilines is 1. The van der Waals surface area contributed by atoms with E-state index in [1.54, 1.807) is 30.3 Å². The predicted octanol–water partition coefficient (Wildman–Crippen LogP) is 4.13. The second kappa shape index (κ2) is 7.76. The summed E-state index contributed by atoms with van der Waals surface area (Å²) in [5, 5.41) is 7.64. The van der Waals surface area contributed by atoms with Crippen molar-refractivity contribution in [1.82, 2.24) is 9.78 Å². The first kappa shape index (κ1) is 18.9. The summed E-state index contributed by atoms with van der Waals surface area (Å²) in [7, 11) is 0. The average molecular weight is 382 g/mol. The van der Waals surface area contributed by atoms with E-state index in [1.165, 1.54) is 16.3 Å². The molecule has 0 fully saturated rings. The smallest absolute Gasteiger partial charge is 0.267 e. The summed E-state index contributed by atoms with van der Waals surface area (Å²) in [4.78, 5) is 24.5. The molecule has 27 heavy (non-hydrogen) atoms. The molecule has 138 valence electrons. The van der Waals surface area contributed by atoms with Crippen LogP contribution in [0.15, 0.2) is 53.3 Å². The Bertz CT molecular complexity index is 1070. The first-order valence-electron chi connectivity index (χ1n) is 8.55. The van der Waals surface area contributed by atoms with E-state index in [2.05, 4.69) is 23.4 Å². The van der Waals surface area contributed by atoms with Crippen LogP contribution in [0.2, 0.25) is 5.02 Å². The van der Waals surface area contributed by atoms with Crippen molar-refractivity contribution in [3.05, 3.63) is 80.6 Å². The van der Waals surface area contributed by atoms with Crippen molar-refractivity contribution in [2.75, 3.05) is 5.32 Å². The van der Waals surface area contributed by atoms with Gasteiger partial charge in [0, 0.05) is 22.3 Å². The minimum absolute atomic E-state index is 0.178. The molecule has 3 rings (SSSR count). The molecule has 1 heterocycles. The standard InChI is InChI=1S/C21H20ClN3O2/c1-13-9-15(3)18(10-14(13)2)19-7-8-21(27)25(24-19)12-20(26)23-17-6-4-5-16(22)11-17/h4-11H,12H2,1-3H3,(H,23,26). The molecule has 0 bridgehead atoms. The molecule has 0 saturated carbocycles. The van der Waals surface area contributed by atoms with E-state index in [1.807, 2.05) is 19.9 Å². The predicted molar refractivity (Wildman–Crippen MR) is 108 cm³/mol. The summed E-state index contributed by atoms with van der Waals surface area (Å²) in [6, 6.07) is 14.1. The van der Waals surface area contributed by atoms with Gasteiger partial charge in [0.1, 0.15) is 6.54 Å². The molecular formula is C21H20ClN3O2. The van der Waals surface area contributed by atoms with Crippen LogP contribution in [0.5, 0.6) is 0 Å². The summed E-state index contributed by atoms with van der Waals surface area (Å²) in [5.74, 6) is -0.346. The van der Waals surface area contributed by atoms with E-state index < -0.39 is 0 Å². The SMILES string of the molecule is Cc1cc(C)c(-c2ccc(=O)n(CC(=O)Nc3cccc(Cl)c3)n2)cc1C. The largest absolute Gasteiger partial charge is 0.324 e. The molecule has 1 aromatic heterocycles. The topological polar surface area (TPSA) is 64.0 Å². The number of rotatable bonds is 4. The molecule has 0 radical (unpaired) electrons. The molecule has 0 unspecified atom stereocenters. The number of nitrogens with zero attached hydrogens (tertiary/aromatic N) is 2. The number of amides is 1. The monoisotopic (exact) mass is 381 g/mol. The Morgan fingerprint density at radius 1 is 1.04 bits per heavy atom. The van der Waals surface area contributed by atoms with Crippen molar-refractivity contribution in [2.45, 2.75) is 27.3 Å². The average Bonchev–Trinajstić information content (AvgIpc) is 2.60. The van der Waals surface area contributed by atoms with E-state index in [-0.39, 0.29) is 18.0 Å². The summed E-state index contributed by atoms with van der Waals surface area (Å²) >= 11 is 5.92. The molecule has 1 N–H and O–H groups in total. The molecule has 3 aromatic rings. The van der Waals surface area contributed by atoms with E-state index in [4.69, 9.17) is 11.6 Å². The first-order valence-corrected chi connectivity index (χ1v) is 8.93. The van der Waals surface area contributed by atoms with Crippen molar-refractivity contribution in [3.63, 3.8) is 0 Å². The van der Waals surface area contributed by atoms with Gasteiger partial charge in [-0.1, -0.05) is 23.7 Å². The van der Waals surface area contributed by atoms with Crippen molar-refractivity contribution in [3.8, 4) is 11.3 Å². The van der Waals surface area contributed by atoms with Crippen LogP contribution in [0.25, 0.3) is 11.3 Å². The van der Waals surface area contributed by atoms with Crippen molar-refractivity contribution in [1.29, 1.82) is 0 Å². The van der Waals surface area contributed by atoms with Crippen molar-refractivity contribution in [2.24, 2.45) is 0 Å². The van der Waals surface area contributed by atoms with Crippen LogP contribution in [0.4, 0.5) is 5.69 Å². The zero-order chi connectivity index (χ0) is 19.6. The Balaban J connectivity index is 1.87. The Morgan fingerprint density at radius 3 is 2.52 bits per heavy atom.